The molecule has 1 aromatic heterocycles. The third-order valence-corrected chi connectivity index (χ3v) is 3.98. The molecule has 20 heavy (non-hydrogen) atoms. The first kappa shape index (κ1) is 14.6. The monoisotopic (exact) mass is 286 g/mol. The minimum atomic E-state index is -0.00879. The number of carbonyl (C=O) groups excluding carboxylic acids is 1. The Balaban J connectivity index is 2.18. The Hall–Kier alpha value is -1.81. The van der Waals surface area contributed by atoms with Gasteiger partial charge in [-0.25, -0.2) is 0 Å². The van der Waals surface area contributed by atoms with E-state index in [2.05, 4.69) is 17.1 Å². The molecular formula is C16H18N2OS. The van der Waals surface area contributed by atoms with Gasteiger partial charge in [0, 0.05) is 29.1 Å². The van der Waals surface area contributed by atoms with Crippen molar-refractivity contribution in [3.8, 4) is 0 Å². The summed E-state index contributed by atoms with van der Waals surface area (Å²) in [6.07, 6.45) is 1.70. The lowest BCUT2D eigenvalue weighted by Gasteiger charge is -2.18. The molecule has 1 aromatic carbocycles. The van der Waals surface area contributed by atoms with Crippen LogP contribution in [0.15, 0.2) is 58.5 Å². The molecule has 0 saturated carbocycles. The zero-order valence-electron chi connectivity index (χ0n) is 11.7. The molecule has 0 radical (unpaired) electrons. The minimum Gasteiger partial charge on any atom is -0.338 e. The number of carbonyl (C=O) groups is 1. The van der Waals surface area contributed by atoms with Crippen LogP contribution < -0.4 is 0 Å². The molecule has 0 saturated heterocycles. The summed E-state index contributed by atoms with van der Waals surface area (Å²) < 4.78 is 0. The Morgan fingerprint density at radius 3 is 2.45 bits per heavy atom. The fourth-order valence-corrected chi connectivity index (χ4v) is 2.75. The zero-order valence-corrected chi connectivity index (χ0v) is 12.6. The van der Waals surface area contributed by atoms with Crippen molar-refractivity contribution in [3.05, 3.63) is 54.4 Å². The smallest absolute Gasteiger partial charge is 0.272 e. The summed E-state index contributed by atoms with van der Waals surface area (Å²) in [6.45, 7) is 5.36. The summed E-state index contributed by atoms with van der Waals surface area (Å²) in [5.74, 6) is -0.00879. The number of amides is 1. The van der Waals surface area contributed by atoms with Crippen LogP contribution in [0.3, 0.4) is 0 Å². The molecule has 1 amide bonds. The Bertz CT molecular complexity index is 568. The molecule has 0 aliphatic heterocycles. The Morgan fingerprint density at radius 2 is 1.80 bits per heavy atom. The molecule has 4 heteroatoms. The van der Waals surface area contributed by atoms with Crippen molar-refractivity contribution in [2.45, 2.75) is 23.6 Å². The second kappa shape index (κ2) is 7.10. The van der Waals surface area contributed by atoms with Crippen molar-refractivity contribution in [2.75, 3.05) is 13.1 Å². The van der Waals surface area contributed by atoms with Crippen LogP contribution >= 0.6 is 11.8 Å². The molecular weight excluding hydrogens is 268 g/mol. The van der Waals surface area contributed by atoms with Crippen LogP contribution in [-0.4, -0.2) is 28.9 Å². The second-order valence-corrected chi connectivity index (χ2v) is 5.42. The Labute approximate surface area is 124 Å². The SMILES string of the molecule is CCN(CC)C(=O)c1cc(Sc2ccccc2)ccn1. The highest BCUT2D eigenvalue weighted by molar-refractivity contribution is 7.99. The summed E-state index contributed by atoms with van der Waals surface area (Å²) >= 11 is 1.64. The molecule has 104 valence electrons. The summed E-state index contributed by atoms with van der Waals surface area (Å²) in [5, 5.41) is 0. The van der Waals surface area contributed by atoms with Crippen LogP contribution in [0.1, 0.15) is 24.3 Å². The van der Waals surface area contributed by atoms with Crippen LogP contribution in [0.2, 0.25) is 0 Å². The molecule has 0 fully saturated rings. The highest BCUT2D eigenvalue weighted by atomic mass is 32.2. The van der Waals surface area contributed by atoms with Crippen molar-refractivity contribution in [2.24, 2.45) is 0 Å². The summed E-state index contributed by atoms with van der Waals surface area (Å²) in [4.78, 5) is 20.4. The van der Waals surface area contributed by atoms with Gasteiger partial charge in [-0.2, -0.15) is 0 Å². The van der Waals surface area contributed by atoms with Gasteiger partial charge in [-0.05, 0) is 38.1 Å². The highest BCUT2D eigenvalue weighted by Gasteiger charge is 2.14. The van der Waals surface area contributed by atoms with E-state index >= 15 is 0 Å². The van der Waals surface area contributed by atoms with Gasteiger partial charge in [0.15, 0.2) is 0 Å². The Morgan fingerprint density at radius 1 is 1.10 bits per heavy atom. The first-order valence-electron chi connectivity index (χ1n) is 6.72. The maximum atomic E-state index is 12.3. The minimum absolute atomic E-state index is 0.00879. The number of aromatic nitrogens is 1. The molecule has 0 aliphatic rings. The summed E-state index contributed by atoms with van der Waals surface area (Å²) in [7, 11) is 0. The number of hydrogen-bond acceptors (Lipinski definition) is 3. The van der Waals surface area contributed by atoms with Crippen molar-refractivity contribution >= 4 is 17.7 Å². The normalized spacial score (nSPS) is 10.3. The molecule has 0 unspecified atom stereocenters. The van der Waals surface area contributed by atoms with Crippen LogP contribution in [-0.2, 0) is 0 Å². The van der Waals surface area contributed by atoms with Crippen LogP contribution in [0, 0.1) is 0 Å². The highest BCUT2D eigenvalue weighted by Crippen LogP contribution is 2.27. The first-order chi connectivity index (χ1) is 9.74. The van der Waals surface area contributed by atoms with E-state index < -0.39 is 0 Å². The third kappa shape index (κ3) is 3.61. The van der Waals surface area contributed by atoms with Crippen molar-refractivity contribution < 1.29 is 4.79 Å². The average Bonchev–Trinajstić information content (AvgIpc) is 2.49. The van der Waals surface area contributed by atoms with Gasteiger partial charge in [0.2, 0.25) is 0 Å². The van der Waals surface area contributed by atoms with Gasteiger partial charge in [-0.15, -0.1) is 0 Å². The lowest BCUT2D eigenvalue weighted by atomic mass is 10.3. The number of benzene rings is 1. The molecule has 0 atom stereocenters. The number of rotatable bonds is 5. The van der Waals surface area contributed by atoms with Gasteiger partial charge >= 0.3 is 0 Å². The van der Waals surface area contributed by atoms with Gasteiger partial charge in [0.05, 0.1) is 0 Å². The van der Waals surface area contributed by atoms with E-state index in [1.807, 2.05) is 44.2 Å². The van der Waals surface area contributed by atoms with Crippen LogP contribution in [0.5, 0.6) is 0 Å². The van der Waals surface area contributed by atoms with Crippen LogP contribution in [0.4, 0.5) is 0 Å². The Kier molecular flexibility index (Phi) is 5.18. The van der Waals surface area contributed by atoms with E-state index in [1.54, 1.807) is 22.9 Å². The van der Waals surface area contributed by atoms with E-state index in [-0.39, 0.29) is 5.91 Å². The standard InChI is InChI=1S/C16H18N2OS/c1-3-18(4-2)16(19)15-12-14(10-11-17-15)20-13-8-6-5-7-9-13/h5-12H,3-4H2,1-2H3. The predicted molar refractivity (Wildman–Crippen MR) is 82.1 cm³/mol. The molecule has 1 heterocycles. The fourth-order valence-electron chi connectivity index (χ4n) is 1.89. The molecule has 2 rings (SSSR count). The lowest BCUT2D eigenvalue weighted by molar-refractivity contribution is 0.0767. The van der Waals surface area contributed by atoms with Gasteiger partial charge in [-0.3, -0.25) is 9.78 Å². The summed E-state index contributed by atoms with van der Waals surface area (Å²) in [5.41, 5.74) is 0.509. The maximum absolute atomic E-state index is 12.3. The van der Waals surface area contributed by atoms with Gasteiger partial charge in [0.25, 0.3) is 5.91 Å². The topological polar surface area (TPSA) is 33.2 Å². The van der Waals surface area contributed by atoms with Gasteiger partial charge in [-0.1, -0.05) is 30.0 Å². The van der Waals surface area contributed by atoms with Gasteiger partial charge in [0.1, 0.15) is 5.69 Å². The van der Waals surface area contributed by atoms with E-state index in [4.69, 9.17) is 0 Å². The van der Waals surface area contributed by atoms with Crippen molar-refractivity contribution in [1.29, 1.82) is 0 Å². The maximum Gasteiger partial charge on any atom is 0.272 e. The van der Waals surface area contributed by atoms with Crippen molar-refractivity contribution in [1.82, 2.24) is 9.88 Å². The van der Waals surface area contributed by atoms with Crippen LogP contribution in [0.25, 0.3) is 0 Å². The largest absolute Gasteiger partial charge is 0.338 e. The second-order valence-electron chi connectivity index (χ2n) is 4.27. The first-order valence-corrected chi connectivity index (χ1v) is 7.54. The molecule has 0 aliphatic carbocycles. The average molecular weight is 286 g/mol. The zero-order chi connectivity index (χ0) is 14.4. The molecule has 2 aromatic rings. The number of pyridine rings is 1. The number of nitrogens with zero attached hydrogens (tertiary/aromatic N) is 2. The fraction of sp³-hybridized carbons (Fsp3) is 0.250. The molecule has 0 bridgehead atoms. The third-order valence-electron chi connectivity index (χ3n) is 2.98. The lowest BCUT2D eigenvalue weighted by Crippen LogP contribution is -2.31. The summed E-state index contributed by atoms with van der Waals surface area (Å²) in [6, 6.07) is 13.9. The molecule has 3 nitrogen and oxygen atoms in total. The predicted octanol–water partition coefficient (Wildman–Crippen LogP) is 3.71. The van der Waals surface area contributed by atoms with Gasteiger partial charge < -0.3 is 4.90 Å². The number of hydrogen-bond donors (Lipinski definition) is 0. The van der Waals surface area contributed by atoms with E-state index in [9.17, 15) is 4.79 Å². The van der Waals surface area contributed by atoms with E-state index in [0.29, 0.717) is 18.8 Å². The quantitative estimate of drug-likeness (QED) is 0.840. The van der Waals surface area contributed by atoms with E-state index in [1.165, 1.54) is 0 Å². The van der Waals surface area contributed by atoms with Crippen molar-refractivity contribution in [3.63, 3.8) is 0 Å². The van der Waals surface area contributed by atoms with E-state index in [0.717, 1.165) is 9.79 Å². The molecule has 0 spiro atoms. The molecule has 0 N–H and O–H groups in total.